The lowest BCUT2D eigenvalue weighted by atomic mass is 10.0. The first-order chi connectivity index (χ1) is 21.2. The normalized spacial score (nSPS) is 21.1. The van der Waals surface area contributed by atoms with Crippen LogP contribution in [-0.4, -0.2) is 92.3 Å². The van der Waals surface area contributed by atoms with Crippen LogP contribution in [0.2, 0.25) is 0 Å². The van der Waals surface area contributed by atoms with E-state index < -0.39 is 39.9 Å². The molecule has 3 amide bonds. The number of hydrogen-bond acceptors (Lipinski definition) is 7. The molecule has 0 unspecified atom stereocenters. The number of urea groups is 1. The molecule has 1 aliphatic rings. The molecule has 45 heavy (non-hydrogen) atoms. The summed E-state index contributed by atoms with van der Waals surface area (Å²) in [7, 11) is -2.50. The van der Waals surface area contributed by atoms with Gasteiger partial charge < -0.3 is 30.1 Å². The van der Waals surface area contributed by atoms with Crippen LogP contribution in [0.25, 0.3) is 0 Å². The summed E-state index contributed by atoms with van der Waals surface area (Å²) in [5.74, 6) is -0.953. The molecule has 11 nitrogen and oxygen atoms in total. The van der Waals surface area contributed by atoms with Crippen molar-refractivity contribution in [3.8, 4) is 5.75 Å². The average molecular weight is 651 g/mol. The molecule has 3 N–H and O–H groups in total. The van der Waals surface area contributed by atoms with E-state index in [1.807, 2.05) is 27.7 Å². The van der Waals surface area contributed by atoms with Gasteiger partial charge in [-0.2, -0.15) is 4.31 Å². The number of nitrogens with one attached hydrogen (secondary N) is 2. The van der Waals surface area contributed by atoms with E-state index in [2.05, 4.69) is 10.6 Å². The Hall–Kier alpha value is -3.26. The molecule has 2 aromatic carbocycles. The quantitative estimate of drug-likeness (QED) is 0.383. The largest absolute Gasteiger partial charge is 0.490 e. The van der Waals surface area contributed by atoms with E-state index in [0.717, 1.165) is 18.6 Å². The Bertz CT molecular complexity index is 1390. The smallest absolute Gasteiger partial charge is 0.319 e. The fraction of sp³-hybridized carbons (Fsp3) is 0.562. The minimum atomic E-state index is -3.94. The number of aliphatic hydroxyl groups is 1. The Balaban J connectivity index is 1.96. The third-order valence-corrected chi connectivity index (χ3v) is 9.53. The van der Waals surface area contributed by atoms with E-state index in [4.69, 9.17) is 9.47 Å². The molecule has 2 aromatic rings. The molecule has 0 bridgehead atoms. The van der Waals surface area contributed by atoms with E-state index in [-0.39, 0.29) is 48.2 Å². The number of carbonyl (C=O) groups excluding carboxylic acids is 2. The van der Waals surface area contributed by atoms with Gasteiger partial charge in [0.05, 0.1) is 35.3 Å². The molecule has 3 rings (SSSR count). The maximum absolute atomic E-state index is 14.2. The van der Waals surface area contributed by atoms with Crippen LogP contribution >= 0.6 is 0 Å². The highest BCUT2D eigenvalue weighted by Crippen LogP contribution is 2.29. The summed E-state index contributed by atoms with van der Waals surface area (Å²) in [4.78, 5) is 28.1. The molecule has 0 saturated heterocycles. The maximum atomic E-state index is 14.2. The van der Waals surface area contributed by atoms with Crippen LogP contribution in [0.1, 0.15) is 64.2 Å². The fourth-order valence-electron chi connectivity index (χ4n) is 5.03. The van der Waals surface area contributed by atoms with Crippen molar-refractivity contribution in [2.75, 3.05) is 38.7 Å². The molecule has 4 atom stereocenters. The number of halogens is 1. The zero-order valence-electron chi connectivity index (χ0n) is 27.0. The summed E-state index contributed by atoms with van der Waals surface area (Å²) < 4.78 is 53.7. The number of hydrogen-bond donors (Lipinski definition) is 3. The first-order valence-corrected chi connectivity index (χ1v) is 16.8. The number of aliphatic hydroxyl groups excluding tert-OH is 1. The van der Waals surface area contributed by atoms with Gasteiger partial charge >= 0.3 is 6.03 Å². The highest BCUT2D eigenvalue weighted by atomic mass is 32.2. The van der Waals surface area contributed by atoms with Crippen molar-refractivity contribution in [1.29, 1.82) is 0 Å². The zero-order chi connectivity index (χ0) is 33.3. The van der Waals surface area contributed by atoms with Crippen molar-refractivity contribution in [2.45, 2.75) is 83.1 Å². The molecule has 250 valence electrons. The van der Waals surface area contributed by atoms with Crippen molar-refractivity contribution in [3.05, 3.63) is 53.8 Å². The molecule has 0 aliphatic carbocycles. The molecular weight excluding hydrogens is 603 g/mol. The first kappa shape index (κ1) is 36.2. The van der Waals surface area contributed by atoms with E-state index in [0.29, 0.717) is 30.9 Å². The molecule has 0 fully saturated rings. The van der Waals surface area contributed by atoms with E-state index in [1.165, 1.54) is 28.4 Å². The molecular formula is C32H47FN4O7S. The third kappa shape index (κ3) is 10.1. The zero-order valence-corrected chi connectivity index (χ0v) is 27.8. The highest BCUT2D eigenvalue weighted by molar-refractivity contribution is 7.89. The summed E-state index contributed by atoms with van der Waals surface area (Å²) >= 11 is 0. The standard InChI is InChI=1S/C32H47FN4O7S/c1-21(2)34-32(40)35-26-12-15-29-28(17-26)31(39)37(23(4)20-38)18-22(3)30(43-16-8-7-9-24(5)44-29)19-36(6)45(41,42)27-13-10-25(33)11-14-27/h10-15,17,21-24,30,38H,7-9,16,18-20H2,1-6H3,(H2,34,35,40)/t22-,23+,24-,30+/m1/s1. The first-order valence-electron chi connectivity index (χ1n) is 15.4. The highest BCUT2D eigenvalue weighted by Gasteiger charge is 2.32. The van der Waals surface area contributed by atoms with Crippen LogP contribution < -0.4 is 15.4 Å². The van der Waals surface area contributed by atoms with Crippen LogP contribution in [0.3, 0.4) is 0 Å². The summed E-state index contributed by atoms with van der Waals surface area (Å²) in [6, 6.07) is 8.44. The topological polar surface area (TPSA) is 138 Å². The van der Waals surface area contributed by atoms with Gasteiger partial charge in [0.25, 0.3) is 5.91 Å². The minimum Gasteiger partial charge on any atom is -0.490 e. The minimum absolute atomic E-state index is 0.00839. The number of fused-ring (bicyclic) bond motifs is 1. The predicted molar refractivity (Wildman–Crippen MR) is 170 cm³/mol. The lowest BCUT2D eigenvalue weighted by Gasteiger charge is -2.35. The van der Waals surface area contributed by atoms with Gasteiger partial charge in [-0.05, 0) is 89.4 Å². The van der Waals surface area contributed by atoms with Gasteiger partial charge in [0, 0.05) is 44.4 Å². The van der Waals surface area contributed by atoms with E-state index >= 15 is 0 Å². The number of benzene rings is 2. The van der Waals surface area contributed by atoms with Crippen LogP contribution in [0.15, 0.2) is 47.4 Å². The second kappa shape index (κ2) is 16.3. The molecule has 0 aromatic heterocycles. The van der Waals surface area contributed by atoms with E-state index in [1.54, 1.807) is 25.1 Å². The van der Waals surface area contributed by atoms with Gasteiger partial charge in [-0.1, -0.05) is 6.92 Å². The van der Waals surface area contributed by atoms with Gasteiger partial charge in [-0.3, -0.25) is 4.79 Å². The molecule has 1 aliphatic heterocycles. The van der Waals surface area contributed by atoms with Gasteiger partial charge in [0.15, 0.2) is 0 Å². The molecule has 1 heterocycles. The molecule has 0 spiro atoms. The number of nitrogens with zero attached hydrogens (tertiary/aromatic N) is 2. The third-order valence-electron chi connectivity index (χ3n) is 7.69. The lowest BCUT2D eigenvalue weighted by molar-refractivity contribution is -0.00834. The lowest BCUT2D eigenvalue weighted by Crippen LogP contribution is -2.48. The number of ether oxygens (including phenoxy) is 2. The Kier molecular flexibility index (Phi) is 13.2. The summed E-state index contributed by atoms with van der Waals surface area (Å²) in [5.41, 5.74) is 0.623. The Morgan fingerprint density at radius 1 is 1.13 bits per heavy atom. The number of likely N-dealkylation sites (N-methyl/N-ethyl adjacent to an activating group) is 1. The predicted octanol–water partition coefficient (Wildman–Crippen LogP) is 4.47. The number of carbonyl (C=O) groups is 2. The molecule has 0 saturated carbocycles. The maximum Gasteiger partial charge on any atom is 0.319 e. The SMILES string of the molecule is CC(C)NC(=O)Nc1ccc2c(c1)C(=O)N([C@@H](C)CO)C[C@@H](C)[C@H](CN(C)S(=O)(=O)c1ccc(F)cc1)OCCCC[C@@H](C)O2. The van der Waals surface area contributed by atoms with Crippen LogP contribution in [-0.2, 0) is 14.8 Å². The molecule has 13 heteroatoms. The second-order valence-corrected chi connectivity index (χ2v) is 14.0. The fourth-order valence-corrected chi connectivity index (χ4v) is 6.21. The van der Waals surface area contributed by atoms with Crippen LogP contribution in [0.5, 0.6) is 5.75 Å². The van der Waals surface area contributed by atoms with E-state index in [9.17, 15) is 27.5 Å². The second-order valence-electron chi connectivity index (χ2n) is 12.0. The number of anilines is 1. The van der Waals surface area contributed by atoms with Gasteiger partial charge in [0.1, 0.15) is 11.6 Å². The van der Waals surface area contributed by atoms with Crippen molar-refractivity contribution in [2.24, 2.45) is 5.92 Å². The van der Waals surface area contributed by atoms with Gasteiger partial charge in [0.2, 0.25) is 10.0 Å². The monoisotopic (exact) mass is 650 g/mol. The van der Waals surface area contributed by atoms with Crippen molar-refractivity contribution in [3.63, 3.8) is 0 Å². The number of amides is 3. The van der Waals surface area contributed by atoms with Crippen LogP contribution in [0.4, 0.5) is 14.9 Å². The number of sulfonamides is 1. The van der Waals surface area contributed by atoms with Crippen molar-refractivity contribution in [1.82, 2.24) is 14.5 Å². The Morgan fingerprint density at radius 3 is 2.47 bits per heavy atom. The van der Waals surface area contributed by atoms with Gasteiger partial charge in [-0.15, -0.1) is 0 Å². The van der Waals surface area contributed by atoms with Gasteiger partial charge in [-0.25, -0.2) is 17.6 Å². The summed E-state index contributed by atoms with van der Waals surface area (Å²) in [5, 5.41) is 15.7. The average Bonchev–Trinajstić information content (AvgIpc) is 2.98. The summed E-state index contributed by atoms with van der Waals surface area (Å²) in [6.45, 7) is 9.36. The number of rotatable bonds is 8. The Labute approximate surface area is 266 Å². The summed E-state index contributed by atoms with van der Waals surface area (Å²) in [6.07, 6.45) is 1.34. The molecule has 0 radical (unpaired) electrons. The van der Waals surface area contributed by atoms with Crippen molar-refractivity contribution < 1.29 is 37.0 Å². The Morgan fingerprint density at radius 2 is 1.82 bits per heavy atom. The van der Waals surface area contributed by atoms with Crippen LogP contribution in [0, 0.1) is 11.7 Å². The van der Waals surface area contributed by atoms with Crippen molar-refractivity contribution >= 4 is 27.6 Å².